The Morgan fingerprint density at radius 1 is 0.0959 bits per heavy atom. The van der Waals surface area contributed by atoms with Gasteiger partial charge in [0.15, 0.2) is 0 Å². The number of hydrogen-bond acceptors (Lipinski definition) is 0. The van der Waals surface area contributed by atoms with Gasteiger partial charge in [-0.1, -0.05) is 400 Å². The van der Waals surface area contributed by atoms with E-state index in [2.05, 4.69) is 595 Å². The predicted octanol–water partition coefficient (Wildman–Crippen LogP) is 36.5. The van der Waals surface area contributed by atoms with Crippen molar-refractivity contribution >= 4 is 174 Å². The fourth-order valence-corrected chi connectivity index (χ4v) is 23.4. The molecular weight excluding hydrogens is 1770 g/mol. The van der Waals surface area contributed by atoms with E-state index in [0.717, 1.165) is 22.7 Å². The number of aromatic nitrogens is 8. The monoisotopic (exact) mass is 1860 g/mol. The first-order valence-corrected chi connectivity index (χ1v) is 50.1. The Bertz CT molecular complexity index is 10100. The van der Waals surface area contributed by atoms with Crippen LogP contribution >= 0.6 is 0 Å². The van der Waals surface area contributed by atoms with Crippen molar-refractivity contribution in [1.29, 1.82) is 0 Å². The minimum Gasteiger partial charge on any atom is -0.309 e. The first kappa shape index (κ1) is 84.5. The first-order valence-electron chi connectivity index (χ1n) is 50.1. The van der Waals surface area contributed by atoms with Crippen LogP contribution in [0.15, 0.2) is 558 Å². The second kappa shape index (κ2) is 35.4. The fraction of sp³-hybridized carbons (Fsp3) is 0. The molecule has 0 spiro atoms. The Hall–Kier alpha value is -19.5. The average Bonchev–Trinajstić information content (AvgIpc) is 1.49. The molecule has 8 heteroatoms. The normalized spacial score (nSPS) is 11.7. The minimum atomic E-state index is 1.15. The molecule has 8 nitrogen and oxygen atoms in total. The first-order chi connectivity index (χ1) is 72.6. The molecule has 0 atom stereocenters. The highest BCUT2D eigenvalue weighted by molar-refractivity contribution is 6.31. The summed E-state index contributed by atoms with van der Waals surface area (Å²) in [6.07, 6.45) is 0. The van der Waals surface area contributed by atoms with E-state index in [-0.39, 0.29) is 0 Å². The summed E-state index contributed by atoms with van der Waals surface area (Å²) in [5.74, 6) is 0. The van der Waals surface area contributed by atoms with Crippen molar-refractivity contribution in [3.05, 3.63) is 558 Å². The average molecular weight is 1860 g/mol. The number of rotatable bonds is 11. The summed E-state index contributed by atoms with van der Waals surface area (Å²) in [6, 6.07) is 201. The van der Waals surface area contributed by atoms with Gasteiger partial charge >= 0.3 is 0 Å². The maximum absolute atomic E-state index is 2.46. The smallest absolute Gasteiger partial charge is 0.0795 e. The van der Waals surface area contributed by atoms with Crippen molar-refractivity contribution in [3.63, 3.8) is 0 Å². The van der Waals surface area contributed by atoms with Crippen LogP contribution in [0.5, 0.6) is 0 Å². The van der Waals surface area contributed by atoms with Gasteiger partial charge in [0.05, 0.1) is 88.3 Å². The van der Waals surface area contributed by atoms with Crippen LogP contribution in [0.2, 0.25) is 0 Å². The van der Waals surface area contributed by atoms with Gasteiger partial charge < -0.3 is 36.5 Å². The van der Waals surface area contributed by atoms with Gasteiger partial charge in [-0.2, -0.15) is 0 Å². The summed E-state index contributed by atoms with van der Waals surface area (Å²) in [6.45, 7) is 0. The van der Waals surface area contributed by atoms with Gasteiger partial charge in [0, 0.05) is 132 Å². The summed E-state index contributed by atoms with van der Waals surface area (Å²) in [4.78, 5) is 0. The number of para-hydroxylation sites is 14. The largest absolute Gasteiger partial charge is 0.309 e. The van der Waals surface area contributed by atoms with Crippen LogP contribution in [0.3, 0.4) is 0 Å². The van der Waals surface area contributed by atoms with E-state index in [1.54, 1.807) is 0 Å². The van der Waals surface area contributed by atoms with Gasteiger partial charge in [0.25, 0.3) is 0 Å². The topological polar surface area (TPSA) is 39.4 Å². The lowest BCUT2D eigenvalue weighted by molar-refractivity contribution is 1.15. The molecular formula is C138H92N8. The SMILES string of the molecule is c1ccc(-c2cc3c4ccccc4n(-c4ccccc4)c3c3c2c2ccccc2n3-c2ccccc2)cc1.c1ccc(-c2ccc(-n3c4ccccc4c4ccc5c6ccccc6n(-c6ccc(-c7ccccc7)cc6)c5c43)cc2)cc1.c1ccc(-n2c3ccccc3c3c2ccc2c4ccccc4n(-c4ccccc4)c23)cc1.c1ccc(-n2c3ccccc3c3ccc4c5ccccc5n(-c5ccccc5)c4c32)cc1. The van der Waals surface area contributed by atoms with Crippen LogP contribution in [-0.4, -0.2) is 36.5 Å². The molecule has 0 fully saturated rings. The van der Waals surface area contributed by atoms with Crippen LogP contribution < -0.4 is 0 Å². The zero-order chi connectivity index (χ0) is 96.2. The second-order valence-electron chi connectivity index (χ2n) is 37.6. The molecule has 0 aliphatic carbocycles. The maximum Gasteiger partial charge on any atom is 0.0795 e. The van der Waals surface area contributed by atoms with Crippen LogP contribution in [-0.2, 0) is 0 Å². The molecule has 8 aromatic heterocycles. The van der Waals surface area contributed by atoms with Crippen molar-refractivity contribution in [2.45, 2.75) is 0 Å². The van der Waals surface area contributed by atoms with Crippen LogP contribution in [0.25, 0.3) is 253 Å². The Balaban J connectivity index is 0.0000000950. The Morgan fingerprint density at radius 3 is 0.596 bits per heavy atom. The Kier molecular flexibility index (Phi) is 20.5. The lowest BCUT2D eigenvalue weighted by Gasteiger charge is -2.14. The quantitative estimate of drug-likeness (QED) is 0.124. The number of fused-ring (bicyclic) bond motifs is 28. The van der Waals surface area contributed by atoms with Crippen molar-refractivity contribution in [2.24, 2.45) is 0 Å². The zero-order valence-corrected chi connectivity index (χ0v) is 79.7. The minimum absolute atomic E-state index is 1.15. The molecule has 23 aromatic carbocycles. The fourth-order valence-electron chi connectivity index (χ4n) is 23.4. The molecule has 0 bridgehead atoms. The summed E-state index contributed by atoms with van der Waals surface area (Å²) in [7, 11) is 0. The van der Waals surface area contributed by atoms with Crippen molar-refractivity contribution < 1.29 is 0 Å². The molecule has 0 amide bonds. The predicted molar refractivity (Wildman–Crippen MR) is 617 cm³/mol. The second-order valence-corrected chi connectivity index (χ2v) is 37.6. The summed E-state index contributed by atoms with van der Waals surface area (Å²) < 4.78 is 19.5. The highest BCUT2D eigenvalue weighted by Crippen LogP contribution is 2.50. The third-order valence-electron chi connectivity index (χ3n) is 29.6. The van der Waals surface area contributed by atoms with E-state index in [9.17, 15) is 0 Å². The lowest BCUT2D eigenvalue weighted by atomic mass is 9.96. The number of benzene rings is 23. The molecule has 0 aliphatic heterocycles. The van der Waals surface area contributed by atoms with E-state index in [1.165, 1.54) is 231 Å². The molecule has 0 unspecified atom stereocenters. The maximum atomic E-state index is 2.46. The number of nitrogens with zero attached hydrogens (tertiary/aromatic N) is 8. The van der Waals surface area contributed by atoms with Crippen LogP contribution in [0, 0.1) is 0 Å². The third kappa shape index (κ3) is 13.7. The third-order valence-corrected chi connectivity index (χ3v) is 29.6. The molecule has 31 aromatic rings. The summed E-state index contributed by atoms with van der Waals surface area (Å²) >= 11 is 0. The highest BCUT2D eigenvalue weighted by atomic mass is 15.1. The molecule has 0 saturated carbocycles. The van der Waals surface area contributed by atoms with E-state index >= 15 is 0 Å². The molecule has 31 rings (SSSR count). The van der Waals surface area contributed by atoms with Crippen LogP contribution in [0.1, 0.15) is 0 Å². The van der Waals surface area contributed by atoms with E-state index in [1.807, 2.05) is 0 Å². The molecule has 8 heterocycles. The Morgan fingerprint density at radius 2 is 0.288 bits per heavy atom. The van der Waals surface area contributed by atoms with Gasteiger partial charge in [-0.25, -0.2) is 0 Å². The van der Waals surface area contributed by atoms with Gasteiger partial charge in [0.1, 0.15) is 0 Å². The van der Waals surface area contributed by atoms with Crippen molar-refractivity contribution in [1.82, 2.24) is 36.5 Å². The molecule has 684 valence electrons. The molecule has 0 radical (unpaired) electrons. The van der Waals surface area contributed by atoms with Gasteiger partial charge in [-0.15, -0.1) is 0 Å². The lowest BCUT2D eigenvalue weighted by Crippen LogP contribution is -1.98. The van der Waals surface area contributed by atoms with E-state index in [0.29, 0.717) is 0 Å². The highest BCUT2D eigenvalue weighted by Gasteiger charge is 2.29. The molecule has 0 N–H and O–H groups in total. The molecule has 0 aliphatic rings. The van der Waals surface area contributed by atoms with Gasteiger partial charge in [-0.05, 0) is 191 Å². The van der Waals surface area contributed by atoms with E-state index < -0.39 is 0 Å². The standard InChI is InChI=1S/C42H28N2.C36H24N2.2C30H20N2/c1-3-11-29(12-4-1)31-19-23-33(24-20-31)43-39-17-9-7-15-35(39)37-27-28-38-36-16-8-10-18-40(36)44(42(38)41(37)43)34-25-21-32(22-26-34)30-13-5-2-6-14-30;1-4-14-25(15-5-1)30-24-31-28-20-10-12-22-32(28)37(26-16-6-2-7-17-26)35(31)36-34(30)29-21-11-13-23-33(29)38(36)27-18-8-3-9-19-27;1-3-11-21(12-4-1)31-27-18-10-8-16-25(27)29-28(31)20-19-24-23-15-7-9-17-26(23)32(30(24)29)22-13-5-2-6-14-22;1-3-11-21(12-4-1)31-27-17-9-7-15-23(27)25-19-20-26-24-16-8-10-18-28(24)32(30(26)29(25)31)22-13-5-2-6-14-22/h1-28H;1-24H;2*1-20H. The van der Waals surface area contributed by atoms with Gasteiger partial charge in [0.2, 0.25) is 0 Å². The zero-order valence-electron chi connectivity index (χ0n) is 79.7. The van der Waals surface area contributed by atoms with E-state index in [4.69, 9.17) is 0 Å². The number of hydrogen-bond donors (Lipinski definition) is 0. The van der Waals surface area contributed by atoms with Crippen molar-refractivity contribution in [2.75, 3.05) is 0 Å². The molecule has 146 heavy (non-hydrogen) atoms. The van der Waals surface area contributed by atoms with Crippen LogP contribution in [0.4, 0.5) is 0 Å². The van der Waals surface area contributed by atoms with Gasteiger partial charge in [-0.3, -0.25) is 0 Å². The molecule has 0 saturated heterocycles. The Labute approximate surface area is 842 Å². The van der Waals surface area contributed by atoms with Crippen molar-refractivity contribution in [3.8, 4) is 78.9 Å². The summed E-state index contributed by atoms with van der Waals surface area (Å²) in [5.41, 5.74) is 36.4. The summed E-state index contributed by atoms with van der Waals surface area (Å²) in [5, 5.41) is 20.3.